The first-order valence-corrected chi connectivity index (χ1v) is 6.15. The first-order valence-electron chi connectivity index (χ1n) is 5.77. The van der Waals surface area contributed by atoms with Gasteiger partial charge in [-0.1, -0.05) is 11.6 Å². The van der Waals surface area contributed by atoms with Gasteiger partial charge in [-0.25, -0.2) is 4.98 Å². The minimum atomic E-state index is 0.643. The molecular weight excluding hydrogens is 250 g/mol. The highest BCUT2D eigenvalue weighted by atomic mass is 35.5. The van der Waals surface area contributed by atoms with Crippen LogP contribution in [-0.4, -0.2) is 22.4 Å². The number of halogens is 1. The van der Waals surface area contributed by atoms with Crippen LogP contribution in [0.5, 0.6) is 0 Å². The molecule has 0 atom stereocenters. The molecule has 0 radical (unpaired) electrons. The SMILES string of the molecule is O=Cc1ccc(Cl)cc1N1CCn2ccnc2C1. The first kappa shape index (κ1) is 11.3. The van der Waals surface area contributed by atoms with E-state index in [1.165, 1.54) is 0 Å². The average molecular weight is 262 g/mol. The number of hydrogen-bond acceptors (Lipinski definition) is 3. The molecule has 18 heavy (non-hydrogen) atoms. The Kier molecular flexibility index (Phi) is 2.80. The number of aldehydes is 1. The molecule has 0 bridgehead atoms. The van der Waals surface area contributed by atoms with Gasteiger partial charge in [-0.15, -0.1) is 0 Å². The van der Waals surface area contributed by atoms with Crippen molar-refractivity contribution in [3.63, 3.8) is 0 Å². The largest absolute Gasteiger partial charge is 0.362 e. The topological polar surface area (TPSA) is 38.1 Å². The van der Waals surface area contributed by atoms with E-state index in [0.29, 0.717) is 17.1 Å². The summed E-state index contributed by atoms with van der Waals surface area (Å²) < 4.78 is 2.13. The Hall–Kier alpha value is -1.81. The van der Waals surface area contributed by atoms with Gasteiger partial charge >= 0.3 is 0 Å². The highest BCUT2D eigenvalue weighted by molar-refractivity contribution is 6.31. The van der Waals surface area contributed by atoms with Crippen molar-refractivity contribution in [2.45, 2.75) is 13.1 Å². The zero-order valence-corrected chi connectivity index (χ0v) is 10.5. The third-order valence-corrected chi connectivity index (χ3v) is 3.44. The highest BCUT2D eigenvalue weighted by Crippen LogP contribution is 2.26. The van der Waals surface area contributed by atoms with Crippen LogP contribution in [0.3, 0.4) is 0 Å². The lowest BCUT2D eigenvalue weighted by atomic mass is 10.1. The van der Waals surface area contributed by atoms with E-state index >= 15 is 0 Å². The Morgan fingerprint density at radius 3 is 3.06 bits per heavy atom. The van der Waals surface area contributed by atoms with Crippen LogP contribution < -0.4 is 4.90 Å². The summed E-state index contributed by atoms with van der Waals surface area (Å²) in [5.41, 5.74) is 1.55. The fourth-order valence-electron chi connectivity index (χ4n) is 2.27. The van der Waals surface area contributed by atoms with Crippen molar-refractivity contribution >= 4 is 23.6 Å². The van der Waals surface area contributed by atoms with Crippen LogP contribution in [0.2, 0.25) is 5.02 Å². The molecule has 1 aromatic heterocycles. The smallest absolute Gasteiger partial charge is 0.152 e. The van der Waals surface area contributed by atoms with E-state index in [1.807, 2.05) is 12.3 Å². The summed E-state index contributed by atoms with van der Waals surface area (Å²) in [6.45, 7) is 2.43. The Balaban J connectivity index is 1.97. The van der Waals surface area contributed by atoms with Crippen molar-refractivity contribution in [3.05, 3.63) is 47.0 Å². The van der Waals surface area contributed by atoms with E-state index in [-0.39, 0.29) is 0 Å². The number of hydrogen-bond donors (Lipinski definition) is 0. The summed E-state index contributed by atoms with van der Waals surface area (Å²) in [4.78, 5) is 17.5. The van der Waals surface area contributed by atoms with Gasteiger partial charge in [0.05, 0.1) is 6.54 Å². The van der Waals surface area contributed by atoms with Crippen LogP contribution in [0.4, 0.5) is 5.69 Å². The molecule has 0 spiro atoms. The van der Waals surface area contributed by atoms with Crippen LogP contribution in [0, 0.1) is 0 Å². The molecule has 4 nitrogen and oxygen atoms in total. The number of anilines is 1. The second-order valence-corrected chi connectivity index (χ2v) is 4.72. The molecule has 3 rings (SSSR count). The Morgan fingerprint density at radius 2 is 2.22 bits per heavy atom. The number of carbonyl (C=O) groups is 1. The Bertz CT molecular complexity index is 594. The maximum absolute atomic E-state index is 11.1. The van der Waals surface area contributed by atoms with Crippen molar-refractivity contribution in [2.75, 3.05) is 11.4 Å². The van der Waals surface area contributed by atoms with Crippen molar-refractivity contribution in [3.8, 4) is 0 Å². The number of aromatic nitrogens is 2. The summed E-state index contributed by atoms with van der Waals surface area (Å²) >= 11 is 6.01. The van der Waals surface area contributed by atoms with Crippen LogP contribution in [0.1, 0.15) is 16.2 Å². The van der Waals surface area contributed by atoms with Gasteiger partial charge < -0.3 is 9.47 Å². The molecule has 0 amide bonds. The lowest BCUT2D eigenvalue weighted by Gasteiger charge is -2.30. The number of carbonyl (C=O) groups excluding carboxylic acids is 1. The van der Waals surface area contributed by atoms with Gasteiger partial charge in [-0.3, -0.25) is 4.79 Å². The Morgan fingerprint density at radius 1 is 1.33 bits per heavy atom. The number of rotatable bonds is 2. The lowest BCUT2D eigenvalue weighted by molar-refractivity contribution is 0.112. The van der Waals surface area contributed by atoms with Gasteiger partial charge in [0.1, 0.15) is 5.82 Å². The van der Waals surface area contributed by atoms with E-state index in [9.17, 15) is 4.79 Å². The minimum Gasteiger partial charge on any atom is -0.362 e. The third-order valence-electron chi connectivity index (χ3n) is 3.20. The van der Waals surface area contributed by atoms with Crippen molar-refractivity contribution in [2.24, 2.45) is 0 Å². The monoisotopic (exact) mass is 261 g/mol. The molecule has 0 unspecified atom stereocenters. The predicted octanol–water partition coefficient (Wildman–Crippen LogP) is 2.37. The normalized spacial score (nSPS) is 14.4. The second kappa shape index (κ2) is 4.46. The summed E-state index contributed by atoms with van der Waals surface area (Å²) in [7, 11) is 0. The molecule has 2 heterocycles. The molecule has 92 valence electrons. The van der Waals surface area contributed by atoms with Gasteiger partial charge in [0.15, 0.2) is 6.29 Å². The number of nitrogens with zero attached hydrogens (tertiary/aromatic N) is 3. The van der Waals surface area contributed by atoms with Gasteiger partial charge in [0.25, 0.3) is 0 Å². The third kappa shape index (κ3) is 1.88. The molecule has 0 N–H and O–H groups in total. The number of fused-ring (bicyclic) bond motifs is 1. The molecule has 0 fully saturated rings. The molecule has 0 saturated heterocycles. The summed E-state index contributed by atoms with van der Waals surface area (Å²) in [6.07, 6.45) is 4.65. The van der Waals surface area contributed by atoms with Crippen molar-refractivity contribution in [1.82, 2.24) is 9.55 Å². The fourth-order valence-corrected chi connectivity index (χ4v) is 2.44. The van der Waals surface area contributed by atoms with E-state index in [0.717, 1.165) is 30.9 Å². The summed E-state index contributed by atoms with van der Waals surface area (Å²) in [6, 6.07) is 5.33. The Labute approximate surface area is 110 Å². The highest BCUT2D eigenvalue weighted by Gasteiger charge is 2.19. The maximum atomic E-state index is 11.1. The summed E-state index contributed by atoms with van der Waals surface area (Å²) in [5.74, 6) is 1.01. The van der Waals surface area contributed by atoms with Crippen molar-refractivity contribution < 1.29 is 4.79 Å². The second-order valence-electron chi connectivity index (χ2n) is 4.28. The number of benzene rings is 1. The van der Waals surface area contributed by atoms with E-state index < -0.39 is 0 Å². The zero-order valence-electron chi connectivity index (χ0n) is 9.71. The molecule has 0 aliphatic carbocycles. The van der Waals surface area contributed by atoms with Crippen LogP contribution in [0.25, 0.3) is 0 Å². The average Bonchev–Trinajstić information content (AvgIpc) is 2.85. The predicted molar refractivity (Wildman–Crippen MR) is 70.1 cm³/mol. The molecule has 5 heteroatoms. The van der Waals surface area contributed by atoms with E-state index in [2.05, 4.69) is 14.5 Å². The molecule has 1 aliphatic rings. The lowest BCUT2D eigenvalue weighted by Crippen LogP contribution is -2.34. The quantitative estimate of drug-likeness (QED) is 0.779. The molecular formula is C13H12ClN3O. The van der Waals surface area contributed by atoms with Gasteiger partial charge in [-0.2, -0.15) is 0 Å². The van der Waals surface area contributed by atoms with Crippen LogP contribution in [0.15, 0.2) is 30.6 Å². The molecule has 2 aromatic rings. The molecule has 0 saturated carbocycles. The van der Waals surface area contributed by atoms with Crippen LogP contribution in [-0.2, 0) is 13.1 Å². The van der Waals surface area contributed by atoms with Gasteiger partial charge in [0.2, 0.25) is 0 Å². The minimum absolute atomic E-state index is 0.643. The number of imidazole rings is 1. The summed E-state index contributed by atoms with van der Waals surface area (Å²) in [5, 5.41) is 0.643. The first-order chi connectivity index (χ1) is 8.78. The van der Waals surface area contributed by atoms with E-state index in [1.54, 1.807) is 18.3 Å². The van der Waals surface area contributed by atoms with Crippen LogP contribution >= 0.6 is 11.6 Å². The van der Waals surface area contributed by atoms with Gasteiger partial charge in [-0.05, 0) is 18.2 Å². The zero-order chi connectivity index (χ0) is 12.5. The standard InChI is InChI=1S/C13H12ClN3O/c14-11-2-1-10(9-18)12(7-11)17-6-5-16-4-3-15-13(16)8-17/h1-4,7,9H,5-6,8H2. The van der Waals surface area contributed by atoms with E-state index in [4.69, 9.17) is 11.6 Å². The molecule has 1 aromatic carbocycles. The van der Waals surface area contributed by atoms with Gasteiger partial charge in [0, 0.05) is 41.8 Å². The molecule has 1 aliphatic heterocycles. The van der Waals surface area contributed by atoms with Crippen molar-refractivity contribution in [1.29, 1.82) is 0 Å². The fraction of sp³-hybridized carbons (Fsp3) is 0.231. The maximum Gasteiger partial charge on any atom is 0.152 e.